The minimum atomic E-state index is -0.840. The molecule has 0 amide bonds. The summed E-state index contributed by atoms with van der Waals surface area (Å²) in [6.45, 7) is 4.11. The highest BCUT2D eigenvalue weighted by molar-refractivity contribution is 7.10. The maximum Gasteiger partial charge on any atom is 0.336 e. The second kappa shape index (κ2) is 3.05. The lowest BCUT2D eigenvalue weighted by Gasteiger charge is -1.96. The zero-order valence-electron chi connectivity index (χ0n) is 6.50. The molecule has 0 fully saturated rings. The van der Waals surface area contributed by atoms with E-state index < -0.39 is 5.97 Å². The lowest BCUT2D eigenvalue weighted by atomic mass is 10.1. The molecule has 60 valence electrons. The standard InChI is InChI=1S/C8H10O2S/c1-5(2)7-3-6(4-11-7)8(9)10/h3-5H,1-2H3,(H,9,10). The summed E-state index contributed by atoms with van der Waals surface area (Å²) in [6.07, 6.45) is 0. The van der Waals surface area contributed by atoms with Crippen LogP contribution in [0.2, 0.25) is 0 Å². The average Bonchev–Trinajstić information content (AvgIpc) is 2.33. The Morgan fingerprint density at radius 1 is 1.64 bits per heavy atom. The number of carbonyl (C=O) groups is 1. The molecule has 0 saturated carbocycles. The molecule has 0 aromatic carbocycles. The number of thiophene rings is 1. The molecule has 1 aromatic rings. The zero-order chi connectivity index (χ0) is 8.43. The van der Waals surface area contributed by atoms with Crippen LogP contribution in [0.1, 0.15) is 35.0 Å². The predicted molar refractivity (Wildman–Crippen MR) is 45.4 cm³/mol. The summed E-state index contributed by atoms with van der Waals surface area (Å²) >= 11 is 1.51. The maximum atomic E-state index is 10.4. The summed E-state index contributed by atoms with van der Waals surface area (Å²) in [5.74, 6) is -0.416. The Bertz CT molecular complexity index is 263. The molecular formula is C8H10O2S. The van der Waals surface area contributed by atoms with Gasteiger partial charge in [0.05, 0.1) is 5.56 Å². The Hall–Kier alpha value is -0.830. The third-order valence-electron chi connectivity index (χ3n) is 1.44. The van der Waals surface area contributed by atoms with E-state index in [1.165, 1.54) is 11.3 Å². The SMILES string of the molecule is CC(C)c1cc(C(=O)O)cs1. The molecule has 2 nitrogen and oxygen atoms in total. The van der Waals surface area contributed by atoms with Crippen molar-refractivity contribution in [2.24, 2.45) is 0 Å². The van der Waals surface area contributed by atoms with Gasteiger partial charge < -0.3 is 5.11 Å². The van der Waals surface area contributed by atoms with E-state index in [-0.39, 0.29) is 0 Å². The van der Waals surface area contributed by atoms with Crippen LogP contribution < -0.4 is 0 Å². The summed E-state index contributed by atoms with van der Waals surface area (Å²) < 4.78 is 0. The quantitative estimate of drug-likeness (QED) is 0.740. The molecule has 0 aliphatic carbocycles. The molecule has 1 heterocycles. The Morgan fingerprint density at radius 3 is 2.55 bits per heavy atom. The fourth-order valence-electron chi connectivity index (χ4n) is 0.768. The summed E-state index contributed by atoms with van der Waals surface area (Å²) in [5.41, 5.74) is 0.402. The molecule has 1 aromatic heterocycles. The topological polar surface area (TPSA) is 37.3 Å². The van der Waals surface area contributed by atoms with Gasteiger partial charge in [-0.15, -0.1) is 11.3 Å². The number of hydrogen-bond donors (Lipinski definition) is 1. The second-order valence-corrected chi connectivity index (χ2v) is 3.64. The predicted octanol–water partition coefficient (Wildman–Crippen LogP) is 2.57. The van der Waals surface area contributed by atoms with Gasteiger partial charge in [0, 0.05) is 10.3 Å². The zero-order valence-corrected chi connectivity index (χ0v) is 7.31. The molecule has 0 saturated heterocycles. The van der Waals surface area contributed by atoms with E-state index >= 15 is 0 Å². The molecule has 1 rings (SSSR count). The van der Waals surface area contributed by atoms with Crippen LogP contribution >= 0.6 is 11.3 Å². The number of aromatic carboxylic acids is 1. The highest BCUT2D eigenvalue weighted by atomic mass is 32.1. The van der Waals surface area contributed by atoms with Crippen LogP contribution in [-0.4, -0.2) is 11.1 Å². The summed E-state index contributed by atoms with van der Waals surface area (Å²) in [6, 6.07) is 1.73. The number of hydrogen-bond acceptors (Lipinski definition) is 2. The molecule has 0 unspecified atom stereocenters. The van der Waals surface area contributed by atoms with Gasteiger partial charge in [0.15, 0.2) is 0 Å². The third-order valence-corrected chi connectivity index (χ3v) is 2.67. The van der Waals surface area contributed by atoms with Crippen molar-refractivity contribution in [3.63, 3.8) is 0 Å². The molecule has 0 radical (unpaired) electrons. The van der Waals surface area contributed by atoms with Crippen molar-refractivity contribution in [1.29, 1.82) is 0 Å². The average molecular weight is 170 g/mol. The van der Waals surface area contributed by atoms with Crippen molar-refractivity contribution < 1.29 is 9.90 Å². The van der Waals surface area contributed by atoms with E-state index in [1.54, 1.807) is 11.4 Å². The Balaban J connectivity index is 2.90. The summed E-state index contributed by atoms with van der Waals surface area (Å²) in [7, 11) is 0. The monoisotopic (exact) mass is 170 g/mol. The van der Waals surface area contributed by atoms with Gasteiger partial charge in [0.1, 0.15) is 0 Å². The van der Waals surface area contributed by atoms with Crippen LogP contribution in [0, 0.1) is 0 Å². The van der Waals surface area contributed by atoms with Crippen molar-refractivity contribution in [1.82, 2.24) is 0 Å². The lowest BCUT2D eigenvalue weighted by molar-refractivity contribution is 0.0697. The molecule has 0 atom stereocenters. The molecule has 0 spiro atoms. The van der Waals surface area contributed by atoms with E-state index in [0.29, 0.717) is 11.5 Å². The minimum absolute atomic E-state index is 0.402. The molecule has 0 aliphatic rings. The van der Waals surface area contributed by atoms with Gasteiger partial charge >= 0.3 is 5.97 Å². The van der Waals surface area contributed by atoms with E-state index in [0.717, 1.165) is 4.88 Å². The van der Waals surface area contributed by atoms with Crippen LogP contribution in [0.3, 0.4) is 0 Å². The number of rotatable bonds is 2. The van der Waals surface area contributed by atoms with Gasteiger partial charge in [0.2, 0.25) is 0 Å². The van der Waals surface area contributed by atoms with Gasteiger partial charge in [-0.2, -0.15) is 0 Å². The van der Waals surface area contributed by atoms with Crippen LogP contribution in [0.25, 0.3) is 0 Å². The highest BCUT2D eigenvalue weighted by Crippen LogP contribution is 2.22. The maximum absolute atomic E-state index is 10.4. The summed E-state index contributed by atoms with van der Waals surface area (Å²) in [5, 5.41) is 10.3. The van der Waals surface area contributed by atoms with E-state index in [9.17, 15) is 4.79 Å². The first kappa shape index (κ1) is 8.27. The normalized spacial score (nSPS) is 10.5. The first-order valence-electron chi connectivity index (χ1n) is 3.43. The fraction of sp³-hybridized carbons (Fsp3) is 0.375. The van der Waals surface area contributed by atoms with Crippen molar-refractivity contribution in [3.05, 3.63) is 21.9 Å². The van der Waals surface area contributed by atoms with Crippen molar-refractivity contribution in [2.45, 2.75) is 19.8 Å². The first-order valence-corrected chi connectivity index (χ1v) is 4.31. The van der Waals surface area contributed by atoms with Gasteiger partial charge in [-0.3, -0.25) is 0 Å². The van der Waals surface area contributed by atoms with Crippen LogP contribution in [0.5, 0.6) is 0 Å². The van der Waals surface area contributed by atoms with Crippen molar-refractivity contribution >= 4 is 17.3 Å². The second-order valence-electron chi connectivity index (χ2n) is 2.70. The summed E-state index contributed by atoms with van der Waals surface area (Å²) in [4.78, 5) is 11.6. The minimum Gasteiger partial charge on any atom is -0.478 e. The van der Waals surface area contributed by atoms with Gasteiger partial charge in [-0.05, 0) is 12.0 Å². The van der Waals surface area contributed by atoms with Crippen molar-refractivity contribution in [2.75, 3.05) is 0 Å². The molecule has 0 bridgehead atoms. The first-order chi connectivity index (χ1) is 5.11. The molecule has 1 N–H and O–H groups in total. The Morgan fingerprint density at radius 2 is 2.27 bits per heavy atom. The molecule has 11 heavy (non-hydrogen) atoms. The molecule has 3 heteroatoms. The Labute approximate surface area is 69.5 Å². The van der Waals surface area contributed by atoms with E-state index in [4.69, 9.17) is 5.11 Å². The van der Waals surface area contributed by atoms with E-state index in [1.807, 2.05) is 0 Å². The fourth-order valence-corrected chi connectivity index (χ4v) is 1.67. The largest absolute Gasteiger partial charge is 0.478 e. The highest BCUT2D eigenvalue weighted by Gasteiger charge is 2.07. The Kier molecular flexibility index (Phi) is 2.29. The molecular weight excluding hydrogens is 160 g/mol. The lowest BCUT2D eigenvalue weighted by Crippen LogP contribution is -1.92. The van der Waals surface area contributed by atoms with Crippen molar-refractivity contribution in [3.8, 4) is 0 Å². The molecule has 0 aliphatic heterocycles. The van der Waals surface area contributed by atoms with Crippen LogP contribution in [0.15, 0.2) is 11.4 Å². The number of carboxylic acid groups (broad SMARTS) is 1. The third kappa shape index (κ3) is 1.80. The number of carboxylic acids is 1. The van der Waals surface area contributed by atoms with Crippen LogP contribution in [-0.2, 0) is 0 Å². The van der Waals surface area contributed by atoms with Gasteiger partial charge in [-0.25, -0.2) is 4.79 Å². The van der Waals surface area contributed by atoms with E-state index in [2.05, 4.69) is 13.8 Å². The smallest absolute Gasteiger partial charge is 0.336 e. The van der Waals surface area contributed by atoms with Gasteiger partial charge in [0.25, 0.3) is 0 Å². The van der Waals surface area contributed by atoms with Gasteiger partial charge in [-0.1, -0.05) is 13.8 Å². The van der Waals surface area contributed by atoms with Crippen LogP contribution in [0.4, 0.5) is 0 Å².